The predicted octanol–water partition coefficient (Wildman–Crippen LogP) is 8.47. The monoisotopic (exact) mass is 732 g/mol. The van der Waals surface area contributed by atoms with E-state index in [0.29, 0.717) is 29.0 Å². The molecule has 6 rings (SSSR count). The number of carbonyl (C=O) groups excluding carboxylic acids is 2. The van der Waals surface area contributed by atoms with E-state index in [-0.39, 0.29) is 22.2 Å². The Hall–Kier alpha value is -7.18. The summed E-state index contributed by atoms with van der Waals surface area (Å²) in [6.07, 6.45) is 0.602. The maximum atomic E-state index is 12.9. The minimum absolute atomic E-state index is 0.0609. The highest BCUT2D eigenvalue weighted by atomic mass is 16.3. The minimum Gasteiger partial charge on any atom is -0.437 e. The Morgan fingerprint density at radius 3 is 1.31 bits per heavy atom. The zero-order valence-electron chi connectivity index (χ0n) is 31.1. The molecule has 0 unspecified atom stereocenters. The molecule has 4 amide bonds. The summed E-state index contributed by atoms with van der Waals surface area (Å²) < 4.78 is 11.9. The van der Waals surface area contributed by atoms with Crippen molar-refractivity contribution in [3.05, 3.63) is 130 Å². The van der Waals surface area contributed by atoms with Crippen molar-refractivity contribution in [2.45, 2.75) is 34.1 Å². The van der Waals surface area contributed by atoms with Crippen molar-refractivity contribution in [1.29, 1.82) is 10.5 Å². The molecule has 2 aromatic heterocycles. The summed E-state index contributed by atoms with van der Waals surface area (Å²) in [5.74, 6) is 0. The van der Waals surface area contributed by atoms with Crippen LogP contribution in [0.2, 0.25) is 0 Å². The Balaban J connectivity index is 1.10. The number of rotatable bonds is 10. The van der Waals surface area contributed by atoms with Crippen LogP contribution in [0.3, 0.4) is 0 Å². The fourth-order valence-electron chi connectivity index (χ4n) is 6.25. The van der Waals surface area contributed by atoms with Crippen molar-refractivity contribution in [3.63, 3.8) is 0 Å². The van der Waals surface area contributed by atoms with E-state index in [4.69, 9.17) is 8.83 Å². The minimum atomic E-state index is -0.667. The Kier molecular flexibility index (Phi) is 11.7. The summed E-state index contributed by atoms with van der Waals surface area (Å²) in [4.78, 5) is 38.2. The third-order valence-corrected chi connectivity index (χ3v) is 9.19. The van der Waals surface area contributed by atoms with Gasteiger partial charge in [0.05, 0.1) is 0 Å². The first-order valence-corrected chi connectivity index (χ1v) is 18.1. The van der Waals surface area contributed by atoms with Gasteiger partial charge in [-0.1, -0.05) is 24.3 Å². The van der Waals surface area contributed by atoms with E-state index in [2.05, 4.69) is 70.3 Å². The van der Waals surface area contributed by atoms with E-state index in [1.165, 1.54) is 0 Å². The molecule has 0 aliphatic heterocycles. The largest absolute Gasteiger partial charge is 0.437 e. The first-order chi connectivity index (χ1) is 26.7. The van der Waals surface area contributed by atoms with E-state index in [9.17, 15) is 20.1 Å². The van der Waals surface area contributed by atoms with Gasteiger partial charge in [0.15, 0.2) is 0 Å². The molecule has 276 valence electrons. The molecular weight excluding hydrogens is 693 g/mol. The fraction of sp³-hybridized carbons (Fsp3) is 0.209. The van der Waals surface area contributed by atoms with Crippen molar-refractivity contribution in [2.75, 3.05) is 46.6 Å². The highest BCUT2D eigenvalue weighted by Crippen LogP contribution is 2.24. The van der Waals surface area contributed by atoms with Crippen LogP contribution in [0.1, 0.15) is 49.9 Å². The van der Waals surface area contributed by atoms with E-state index >= 15 is 0 Å². The zero-order valence-corrected chi connectivity index (χ0v) is 31.1. The number of benzene rings is 4. The Bertz CT molecular complexity index is 2410. The summed E-state index contributed by atoms with van der Waals surface area (Å²) in [6.45, 7) is 11.6. The van der Waals surface area contributed by atoms with E-state index in [1.54, 1.807) is 36.4 Å². The van der Waals surface area contributed by atoms with Gasteiger partial charge in [-0.2, -0.15) is 20.5 Å². The topological polar surface area (TPSA) is 163 Å². The molecule has 0 atom stereocenters. The summed E-state index contributed by atoms with van der Waals surface area (Å²) in [7, 11) is 0. The smallest absolute Gasteiger partial charge is 0.348 e. The van der Waals surface area contributed by atoms with Crippen LogP contribution in [-0.2, 0) is 6.42 Å². The lowest BCUT2D eigenvalue weighted by Gasteiger charge is -2.21. The van der Waals surface area contributed by atoms with Crippen LogP contribution in [0.5, 0.6) is 0 Å². The second-order valence-corrected chi connectivity index (χ2v) is 12.6. The van der Waals surface area contributed by atoms with Crippen LogP contribution in [0.15, 0.2) is 116 Å². The molecule has 0 radical (unpaired) electrons. The molecule has 0 aliphatic rings. The second-order valence-electron chi connectivity index (χ2n) is 12.6. The van der Waals surface area contributed by atoms with Gasteiger partial charge in [0.25, 0.3) is 0 Å². The van der Waals surface area contributed by atoms with Gasteiger partial charge >= 0.3 is 12.1 Å². The molecule has 2 N–H and O–H groups in total. The number of fused-ring (bicyclic) bond motifs is 2. The standard InChI is InChI=1S/C43H40N8O4/c1-5-50(6-2)36-19-13-30-22-32(26-44)40(54-38(30)24-36)48-42(52)46-34-15-9-28(10-16-34)21-29-11-17-35(18-12-29)47-43(53)49-41-33(27-45)23-31-14-20-37(25-39(31)55-41)51(7-3)8-4/h9-20,22-25H,5-8,21H2,1-4H3,(H,46,52)(H,47,53)/b48-40+,49-41+. The molecule has 6 aromatic rings. The molecule has 0 bridgehead atoms. The van der Waals surface area contributed by atoms with Crippen molar-refractivity contribution >= 4 is 56.8 Å². The first kappa shape index (κ1) is 37.6. The van der Waals surface area contributed by atoms with Gasteiger partial charge in [0.1, 0.15) is 34.4 Å². The van der Waals surface area contributed by atoms with Crippen molar-refractivity contribution in [1.82, 2.24) is 0 Å². The Morgan fingerprint density at radius 2 is 0.964 bits per heavy atom. The molecular formula is C43H40N8O4. The molecule has 0 saturated carbocycles. The molecule has 0 spiro atoms. The lowest BCUT2D eigenvalue weighted by molar-refractivity contribution is 0.257. The number of carbonyl (C=O) groups is 2. The third kappa shape index (κ3) is 8.90. The number of nitrogens with zero attached hydrogens (tertiary/aromatic N) is 6. The average molecular weight is 733 g/mol. The van der Waals surface area contributed by atoms with Crippen molar-refractivity contribution < 1.29 is 18.4 Å². The number of amides is 4. The maximum Gasteiger partial charge on any atom is 0.348 e. The van der Waals surface area contributed by atoms with Crippen LogP contribution in [0, 0.1) is 22.7 Å². The van der Waals surface area contributed by atoms with Crippen LogP contribution < -0.4 is 31.5 Å². The summed E-state index contributed by atoms with van der Waals surface area (Å²) in [6, 6.07) is 32.3. The van der Waals surface area contributed by atoms with E-state index in [1.807, 2.05) is 60.7 Å². The SMILES string of the molecule is CCN(CC)c1ccc2cc(C#N)/c(=N\C(=O)Nc3ccc(Cc4ccc(NC(=O)/N=c5/oc6cc(N(CC)CC)ccc6cc5C#N)cc4)cc3)oc2c1. The van der Waals surface area contributed by atoms with Gasteiger partial charge in [-0.05, 0) is 106 Å². The lowest BCUT2D eigenvalue weighted by Crippen LogP contribution is -2.21. The molecule has 55 heavy (non-hydrogen) atoms. The van der Waals surface area contributed by atoms with Crippen LogP contribution >= 0.6 is 0 Å². The molecule has 12 nitrogen and oxygen atoms in total. The Labute approximate surface area is 318 Å². The quantitative estimate of drug-likeness (QED) is 0.142. The molecule has 0 aliphatic carbocycles. The maximum absolute atomic E-state index is 12.9. The highest BCUT2D eigenvalue weighted by Gasteiger charge is 2.12. The average Bonchev–Trinajstić information content (AvgIpc) is 3.19. The van der Waals surface area contributed by atoms with Gasteiger partial charge in [-0.15, -0.1) is 0 Å². The van der Waals surface area contributed by atoms with E-state index in [0.717, 1.165) is 59.5 Å². The molecule has 12 heteroatoms. The highest BCUT2D eigenvalue weighted by molar-refractivity contribution is 5.91. The number of hydrogen-bond acceptors (Lipinski definition) is 8. The van der Waals surface area contributed by atoms with E-state index < -0.39 is 12.1 Å². The predicted molar refractivity (Wildman–Crippen MR) is 214 cm³/mol. The first-order valence-electron chi connectivity index (χ1n) is 18.1. The van der Waals surface area contributed by atoms with Gasteiger partial charge in [0.2, 0.25) is 11.1 Å². The number of nitriles is 2. The number of hydrogen-bond donors (Lipinski definition) is 2. The number of nitrogens with one attached hydrogen (secondary N) is 2. The normalized spacial score (nSPS) is 11.6. The molecule has 0 fully saturated rings. The lowest BCUT2D eigenvalue weighted by atomic mass is 10.0. The summed E-state index contributed by atoms with van der Waals surface area (Å²) >= 11 is 0. The van der Waals surface area contributed by atoms with Crippen LogP contribution in [-0.4, -0.2) is 38.2 Å². The van der Waals surface area contributed by atoms with Crippen LogP contribution in [0.4, 0.5) is 32.3 Å². The van der Waals surface area contributed by atoms with Crippen molar-refractivity contribution in [2.24, 2.45) is 9.98 Å². The second kappa shape index (κ2) is 17.1. The summed E-state index contributed by atoms with van der Waals surface area (Å²) in [5, 5.41) is 26.3. The Morgan fingerprint density at radius 1 is 0.582 bits per heavy atom. The van der Waals surface area contributed by atoms with Crippen molar-refractivity contribution in [3.8, 4) is 12.1 Å². The number of anilines is 4. The summed E-state index contributed by atoms with van der Waals surface area (Å²) in [5.41, 5.74) is 6.26. The van der Waals surface area contributed by atoms with Crippen LogP contribution in [0.25, 0.3) is 21.9 Å². The molecule has 4 aromatic carbocycles. The fourth-order valence-corrected chi connectivity index (χ4v) is 6.25. The van der Waals surface area contributed by atoms with Gasteiger partial charge in [-0.25, -0.2) is 9.59 Å². The molecule has 0 saturated heterocycles. The third-order valence-electron chi connectivity index (χ3n) is 9.19. The van der Waals surface area contributed by atoms with Gasteiger partial charge in [0, 0.05) is 71.8 Å². The molecule has 2 heterocycles. The number of urea groups is 2. The van der Waals surface area contributed by atoms with Gasteiger partial charge in [-0.3, -0.25) is 0 Å². The van der Waals surface area contributed by atoms with Gasteiger partial charge < -0.3 is 29.3 Å². The zero-order chi connectivity index (χ0) is 38.9.